The molecule has 1 aliphatic carbocycles. The lowest BCUT2D eigenvalue weighted by Gasteiger charge is -2.31. The van der Waals surface area contributed by atoms with Gasteiger partial charge in [-0.3, -0.25) is 0 Å². The monoisotopic (exact) mass is 1130 g/mol. The average molecular weight is 1130 g/mol. The molecule has 0 saturated carbocycles. The summed E-state index contributed by atoms with van der Waals surface area (Å²) in [6.45, 7) is 5.57. The van der Waals surface area contributed by atoms with Crippen molar-refractivity contribution in [3.8, 4) is 46.0 Å². The third kappa shape index (κ3) is 14.7. The van der Waals surface area contributed by atoms with Gasteiger partial charge < -0.3 is 59.2 Å². The van der Waals surface area contributed by atoms with Crippen LogP contribution in [0.3, 0.4) is 0 Å². The maximum absolute atomic E-state index is 6.50. The molecule has 0 unspecified atom stereocenters. The largest absolute Gasteiger partial charge is 0.496 e. The molecule has 0 atom stereocenters. The second-order valence-electron chi connectivity index (χ2n) is 21.4. The summed E-state index contributed by atoms with van der Waals surface area (Å²) in [4.78, 5) is 0. The zero-order chi connectivity index (χ0) is 58.6. The Balaban J connectivity index is 1.31. The summed E-state index contributed by atoms with van der Waals surface area (Å²) < 4.78 is 52.0. The van der Waals surface area contributed by atoms with Gasteiger partial charge in [0, 0.05) is 119 Å². The van der Waals surface area contributed by atoms with E-state index in [4.69, 9.17) is 37.9 Å². The molecule has 12 heteroatoms. The van der Waals surface area contributed by atoms with Crippen molar-refractivity contribution in [2.24, 2.45) is 0 Å². The Morgan fingerprint density at radius 3 is 0.560 bits per heavy atom. The van der Waals surface area contributed by atoms with Crippen LogP contribution in [-0.4, -0.2) is 83.1 Å². The first-order chi connectivity index (χ1) is 41.3. The summed E-state index contributed by atoms with van der Waals surface area (Å²) in [5.41, 5.74) is 12.8. The van der Waals surface area contributed by atoms with Gasteiger partial charge in [-0.15, -0.1) is 0 Å². The predicted octanol–water partition coefficient (Wildman–Crippen LogP) is 13.3. The second-order valence-corrected chi connectivity index (χ2v) is 21.4. The van der Waals surface area contributed by atoms with Gasteiger partial charge in [-0.1, -0.05) is 121 Å². The highest BCUT2D eigenvalue weighted by molar-refractivity contribution is 5.63. The molecule has 9 rings (SSSR count). The van der Waals surface area contributed by atoms with Crippen LogP contribution < -0.4 is 59.2 Å². The number of benzene rings is 8. The molecule has 0 amide bonds. The van der Waals surface area contributed by atoms with Gasteiger partial charge in [0.25, 0.3) is 0 Å². The van der Waals surface area contributed by atoms with Gasteiger partial charge in [-0.25, -0.2) is 0 Å². The lowest BCUT2D eigenvalue weighted by molar-refractivity contribution is 0.372. The van der Waals surface area contributed by atoms with Crippen LogP contribution >= 0.6 is 0 Å². The van der Waals surface area contributed by atoms with E-state index in [9.17, 15) is 0 Å². The first-order valence-corrected chi connectivity index (χ1v) is 29.3. The minimum atomic E-state index is -0.261. The molecule has 0 aliphatic heterocycles. The zero-order valence-electron chi connectivity index (χ0n) is 50.2. The molecule has 0 spiro atoms. The predicted molar refractivity (Wildman–Crippen MR) is 337 cm³/mol. The first-order valence-electron chi connectivity index (χ1n) is 29.3. The SMILES string of the molecule is COc1cc(OC)c2cc1C(CCNCc1ccccc1)c1cc(c(OC)cc1OC)C(CCNCc1ccccc1)c1cc(c(OC)cc1OC)C(CCNCc1ccccc1)c1cc(c(OC)cc1OC)C2CCNCc1ccccc1. The molecule has 0 fully saturated rings. The molecule has 4 N–H and O–H groups in total. The number of rotatable bonds is 28. The zero-order valence-corrected chi connectivity index (χ0v) is 50.2. The molecular weight excluding hydrogens is 1050 g/mol. The molecule has 8 aromatic rings. The summed E-state index contributed by atoms with van der Waals surface area (Å²) in [5, 5.41) is 15.2. The third-order valence-electron chi connectivity index (χ3n) is 16.5. The van der Waals surface area contributed by atoms with Crippen molar-refractivity contribution in [1.82, 2.24) is 21.3 Å². The van der Waals surface area contributed by atoms with E-state index in [1.54, 1.807) is 56.9 Å². The Bertz CT molecular complexity index is 2780. The van der Waals surface area contributed by atoms with Crippen LogP contribution in [0.15, 0.2) is 170 Å². The number of methoxy groups -OCH3 is 8. The molecule has 12 nitrogen and oxygen atoms in total. The van der Waals surface area contributed by atoms with Crippen molar-refractivity contribution in [2.45, 2.75) is 75.5 Å². The molecule has 0 radical (unpaired) electrons. The maximum atomic E-state index is 6.50. The minimum absolute atomic E-state index is 0.261. The molecule has 0 saturated heterocycles. The van der Waals surface area contributed by atoms with E-state index in [1.807, 2.05) is 0 Å². The van der Waals surface area contributed by atoms with Gasteiger partial charge in [0.2, 0.25) is 0 Å². The summed E-state index contributed by atoms with van der Waals surface area (Å²) in [6.07, 6.45) is 2.76. The molecular formula is C72H84N4O8. The van der Waals surface area contributed by atoms with E-state index >= 15 is 0 Å². The standard InChI is InChI=1S/C72H84N4O8/c1-77-65-41-66(78-2)58-37-57(65)53(29-33-73-45-49-21-13-9-14-22-49)59-38-60(68(80-4)42-67(59)79-3)55(31-35-75-47-51-25-17-11-18-26-51)63-40-64(72(84-8)44-71(63)83-7)56(32-36-76-48-52-27-19-12-20-28-52)62-39-61(69(81-5)43-70(62)82-6)54(58)30-34-74-46-50-23-15-10-16-24-50/h9-28,37-44,53-56,73-76H,29-36,45-48H2,1-8H3. The summed E-state index contributed by atoms with van der Waals surface area (Å²) in [6, 6.07) is 59.7. The lowest BCUT2D eigenvalue weighted by atomic mass is 9.77. The topological polar surface area (TPSA) is 122 Å². The number of ether oxygens (including phenoxy) is 8. The van der Waals surface area contributed by atoms with Gasteiger partial charge in [0.1, 0.15) is 46.0 Å². The summed E-state index contributed by atoms with van der Waals surface area (Å²) >= 11 is 0. The Hall–Kier alpha value is -8.00. The first kappa shape index (κ1) is 60.6. The molecule has 8 bridgehead atoms. The minimum Gasteiger partial charge on any atom is -0.496 e. The van der Waals surface area contributed by atoms with E-state index < -0.39 is 0 Å². The van der Waals surface area contributed by atoms with Gasteiger partial charge >= 0.3 is 0 Å². The second kappa shape index (κ2) is 30.5. The highest BCUT2D eigenvalue weighted by Gasteiger charge is 2.35. The van der Waals surface area contributed by atoms with Crippen molar-refractivity contribution >= 4 is 0 Å². The van der Waals surface area contributed by atoms with Crippen LogP contribution in [0.2, 0.25) is 0 Å². The molecule has 1 aliphatic rings. The number of nitrogens with one attached hydrogen (secondary N) is 4. The van der Waals surface area contributed by atoms with Crippen LogP contribution in [0.1, 0.15) is 116 Å². The smallest absolute Gasteiger partial charge is 0.126 e. The Morgan fingerprint density at radius 1 is 0.238 bits per heavy atom. The fourth-order valence-corrected chi connectivity index (χ4v) is 12.2. The summed E-state index contributed by atoms with van der Waals surface area (Å²) in [5.74, 6) is 4.61. The molecule has 440 valence electrons. The Labute approximate surface area is 498 Å². The van der Waals surface area contributed by atoms with Gasteiger partial charge in [0.05, 0.1) is 56.9 Å². The normalized spacial score (nSPS) is 15.4. The quantitative estimate of drug-likeness (QED) is 0.0349. The number of hydrogen-bond donors (Lipinski definition) is 4. The fraction of sp³-hybridized carbons (Fsp3) is 0.333. The van der Waals surface area contributed by atoms with Crippen molar-refractivity contribution in [3.05, 3.63) is 237 Å². The lowest BCUT2D eigenvalue weighted by Crippen LogP contribution is -2.22. The Morgan fingerprint density at radius 2 is 0.405 bits per heavy atom. The molecule has 8 aromatic carbocycles. The summed E-state index contributed by atoms with van der Waals surface area (Å²) in [7, 11) is 14.0. The molecule has 84 heavy (non-hydrogen) atoms. The van der Waals surface area contributed by atoms with Crippen LogP contribution in [0.4, 0.5) is 0 Å². The van der Waals surface area contributed by atoms with E-state index in [0.717, 1.165) is 44.5 Å². The van der Waals surface area contributed by atoms with Crippen molar-refractivity contribution in [3.63, 3.8) is 0 Å². The van der Waals surface area contributed by atoms with E-state index in [2.05, 4.69) is 191 Å². The van der Waals surface area contributed by atoms with E-state index in [-0.39, 0.29) is 23.7 Å². The van der Waals surface area contributed by atoms with Crippen molar-refractivity contribution < 1.29 is 37.9 Å². The highest BCUT2D eigenvalue weighted by Crippen LogP contribution is 2.52. The fourth-order valence-electron chi connectivity index (χ4n) is 12.2. The maximum Gasteiger partial charge on any atom is 0.126 e. The third-order valence-corrected chi connectivity index (χ3v) is 16.5. The number of hydrogen-bond acceptors (Lipinski definition) is 12. The van der Waals surface area contributed by atoms with Gasteiger partial charge in [-0.05, 0) is 98.4 Å². The van der Waals surface area contributed by atoms with Crippen LogP contribution in [0, 0.1) is 0 Å². The highest BCUT2D eigenvalue weighted by atomic mass is 16.5. The average Bonchev–Trinajstić information content (AvgIpc) is 2.89. The molecule has 0 aromatic heterocycles. The van der Waals surface area contributed by atoms with Gasteiger partial charge in [-0.2, -0.15) is 0 Å². The van der Waals surface area contributed by atoms with Gasteiger partial charge in [0.15, 0.2) is 0 Å². The number of fused-ring (bicyclic) bond motifs is 8. The van der Waals surface area contributed by atoms with E-state index in [0.29, 0.717) is 124 Å². The van der Waals surface area contributed by atoms with Crippen LogP contribution in [0.5, 0.6) is 46.0 Å². The van der Waals surface area contributed by atoms with Crippen LogP contribution in [0.25, 0.3) is 0 Å². The van der Waals surface area contributed by atoms with E-state index in [1.165, 1.54) is 22.3 Å². The Kier molecular flexibility index (Phi) is 22.0. The molecule has 0 heterocycles. The van der Waals surface area contributed by atoms with Crippen LogP contribution in [-0.2, 0) is 26.2 Å². The van der Waals surface area contributed by atoms with Crippen molar-refractivity contribution in [1.29, 1.82) is 0 Å². The van der Waals surface area contributed by atoms with Crippen molar-refractivity contribution in [2.75, 3.05) is 83.1 Å².